The second kappa shape index (κ2) is 34.0. The van der Waals surface area contributed by atoms with Gasteiger partial charge in [-0.1, -0.05) is 70.6 Å². The van der Waals surface area contributed by atoms with Gasteiger partial charge in [0.25, 0.3) is 0 Å². The molecule has 0 spiro atoms. The van der Waals surface area contributed by atoms with Crippen LogP contribution in [0.2, 0.25) is 146 Å². The third-order valence-corrected chi connectivity index (χ3v) is 96.7. The Kier molecular flexibility index (Phi) is 25.3. The van der Waals surface area contributed by atoms with Gasteiger partial charge in [-0.05, 0) is 377 Å². The van der Waals surface area contributed by atoms with E-state index in [1.165, 1.54) is 77.0 Å². The van der Waals surface area contributed by atoms with Crippen molar-refractivity contribution in [2.75, 3.05) is 0 Å². The molecule has 11 saturated heterocycles. The molecular formula is C82H156O24Si16. The highest BCUT2D eigenvalue weighted by Crippen LogP contribution is 2.60. The minimum Gasteiger partial charge on any atom is -0.422 e. The second-order valence-electron chi connectivity index (χ2n) is 48.2. The van der Waals surface area contributed by atoms with Crippen LogP contribution in [-0.4, -0.2) is 201 Å². The molecule has 22 rings (SSSR count). The molecule has 692 valence electrons. The lowest BCUT2D eigenvalue weighted by atomic mass is 9.87. The van der Waals surface area contributed by atoms with Crippen molar-refractivity contribution in [1.82, 2.24) is 0 Å². The van der Waals surface area contributed by atoms with Crippen molar-refractivity contribution in [2.45, 2.75) is 431 Å². The van der Waals surface area contributed by atoms with E-state index in [4.69, 9.17) is 102 Å². The van der Waals surface area contributed by atoms with E-state index in [1.54, 1.807) is 0 Å². The van der Waals surface area contributed by atoms with Crippen LogP contribution in [0.15, 0.2) is 0 Å². The molecule has 32 atom stereocenters. The first kappa shape index (κ1) is 91.0. The lowest BCUT2D eigenvalue weighted by Gasteiger charge is -2.61. The van der Waals surface area contributed by atoms with E-state index in [0.717, 1.165) is 232 Å². The molecule has 22 fully saturated rings. The maximum Gasteiger partial charge on any atom is 0.651 e. The van der Waals surface area contributed by atoms with Crippen LogP contribution in [-0.2, 0) is 102 Å². The fourth-order valence-electron chi connectivity index (χ4n) is 25.9. The highest BCUT2D eigenvalue weighted by atomic mass is 28.7. The summed E-state index contributed by atoms with van der Waals surface area (Å²) in [6, 6.07) is 6.35. The molecule has 0 N–H and O–H groups in total. The molecule has 0 radical (unpaired) electrons. The van der Waals surface area contributed by atoms with Crippen LogP contribution in [0.3, 0.4) is 0 Å². The third kappa shape index (κ3) is 22.0. The molecule has 0 aromatic heterocycles. The van der Waals surface area contributed by atoms with Gasteiger partial charge in [0.1, 0.15) is 0 Å². The van der Waals surface area contributed by atoms with E-state index >= 15 is 0 Å². The van der Waals surface area contributed by atoms with Crippen LogP contribution in [0.25, 0.3) is 0 Å². The summed E-state index contributed by atoms with van der Waals surface area (Å²) in [5.41, 5.74) is -0.0924. The molecule has 122 heavy (non-hydrogen) atoms. The number of fused-ring (bicyclic) bond motifs is 8. The zero-order chi connectivity index (χ0) is 84.1. The van der Waals surface area contributed by atoms with E-state index in [0.29, 0.717) is 108 Å². The van der Waals surface area contributed by atoms with Gasteiger partial charge in [0.2, 0.25) is 0 Å². The number of rotatable bonds is 40. The number of epoxide rings is 5. The summed E-state index contributed by atoms with van der Waals surface area (Å²) < 4.78 is 196. The van der Waals surface area contributed by atoms with Crippen LogP contribution in [0.5, 0.6) is 0 Å². The molecule has 0 aromatic carbocycles. The van der Waals surface area contributed by atoms with Gasteiger partial charge in [0.15, 0.2) is 68.0 Å². The zero-order valence-corrected chi connectivity index (χ0v) is 93.4. The van der Waals surface area contributed by atoms with E-state index in [9.17, 15) is 0 Å². The molecule has 0 aromatic rings. The predicted octanol–water partition coefficient (Wildman–Crippen LogP) is 18.6. The van der Waals surface area contributed by atoms with Gasteiger partial charge < -0.3 is 102 Å². The first-order valence-electron chi connectivity index (χ1n) is 50.3. The molecule has 11 aliphatic heterocycles. The Balaban J connectivity index is 0.758. The molecule has 40 heteroatoms. The van der Waals surface area contributed by atoms with Crippen molar-refractivity contribution in [3.05, 3.63) is 0 Å². The summed E-state index contributed by atoms with van der Waals surface area (Å²) in [5.74, 6) is 9.14. The van der Waals surface area contributed by atoms with E-state index in [1.807, 2.05) is 0 Å². The Bertz CT molecular complexity index is 3420. The van der Waals surface area contributed by atoms with E-state index < -0.39 is 140 Å². The first-order valence-corrected chi connectivity index (χ1v) is 87.4. The normalized spacial score (nSPS) is 48.1. The second-order valence-corrected chi connectivity index (χ2v) is 103. The molecule has 0 amide bonds. The monoisotopic (exact) mass is 1970 g/mol. The van der Waals surface area contributed by atoms with Crippen molar-refractivity contribution in [3.8, 4) is 0 Å². The van der Waals surface area contributed by atoms with Gasteiger partial charge >= 0.3 is 71.9 Å². The van der Waals surface area contributed by atoms with Crippen LogP contribution in [0.1, 0.15) is 225 Å². The third-order valence-electron chi connectivity index (χ3n) is 33.8. The summed E-state index contributed by atoms with van der Waals surface area (Å²) in [6.45, 7) is 32.6. The van der Waals surface area contributed by atoms with Crippen LogP contribution in [0.4, 0.5) is 0 Å². The molecule has 11 aliphatic carbocycles. The molecule has 11 saturated carbocycles. The van der Waals surface area contributed by atoms with Crippen LogP contribution >= 0.6 is 0 Å². The summed E-state index contributed by atoms with van der Waals surface area (Å²) in [7, 11) is -65.8. The lowest BCUT2D eigenvalue weighted by Crippen LogP contribution is -2.92. The summed E-state index contributed by atoms with van der Waals surface area (Å²) in [6.07, 6.45) is 43.0. The standard InChI is InChI=1S/C82H156O24Si16/c1-108(2,40-35-63-19-27-74-79(51-63)84-74)89-116-58-115(88-107-39-31-59-18-26-73-78(50-59)83-73)96-117(90-109(3,4)41-32-60-15-23-67-55-70(67)47-60)100-119(98-116,92-110(5,6)42-33-61-16-24-68-56-71(68)48-61)104-122(94-113(11,12)43-34-62-17-25-69-57-72(69)49-62)105-120(99-116,93-112(9,10)45-37-65-21-29-76-81(53-65)86-76)101-118(97-115,91-111(7,8)44-36-64-20-28-75-80(52-64)85-75)103-121(102-117,106-122)95-114(13,14)46-38-66-22-30-77-82(54-66)87-77/h59-82H,15-58,107H2,1-14H3. The Hall–Kier alpha value is 2.51. The predicted molar refractivity (Wildman–Crippen MR) is 495 cm³/mol. The highest BCUT2D eigenvalue weighted by Gasteiger charge is 2.91. The Labute approximate surface area is 750 Å². The summed E-state index contributed by atoms with van der Waals surface area (Å²) in [5, 5.41) is 0. The molecule has 11 heterocycles. The summed E-state index contributed by atoms with van der Waals surface area (Å²) >= 11 is 0. The quantitative estimate of drug-likeness (QED) is 0.0315. The van der Waals surface area contributed by atoms with Crippen LogP contribution < -0.4 is 0 Å². The maximum absolute atomic E-state index is 8.91. The minimum atomic E-state index is -5.40. The van der Waals surface area contributed by atoms with Gasteiger partial charge in [-0.3, -0.25) is 0 Å². The van der Waals surface area contributed by atoms with Gasteiger partial charge in [-0.25, -0.2) is 0 Å². The fourth-order valence-corrected chi connectivity index (χ4v) is 105. The van der Waals surface area contributed by atoms with Crippen LogP contribution in [0, 0.1) is 82.9 Å². The van der Waals surface area contributed by atoms with Crippen molar-refractivity contribution < 1.29 is 102 Å². The van der Waals surface area contributed by atoms with E-state index in [-0.39, 0.29) is 5.67 Å². The minimum absolute atomic E-state index is 0.0924. The smallest absolute Gasteiger partial charge is 0.422 e. The number of ether oxygens (including phenoxy) is 5. The topological polar surface area (TPSA) is 238 Å². The van der Waals surface area contributed by atoms with E-state index in [2.05, 4.69) is 91.7 Å². The van der Waals surface area contributed by atoms with Crippen molar-refractivity contribution in [1.29, 1.82) is 0 Å². The zero-order valence-electron chi connectivity index (χ0n) is 77.0. The average molecular weight is 1980 g/mol. The van der Waals surface area contributed by atoms with Crippen molar-refractivity contribution >= 4 is 140 Å². The summed E-state index contributed by atoms with van der Waals surface area (Å²) in [4.78, 5) is 0. The average Bonchev–Trinajstić information content (AvgIpc) is 0.777. The highest BCUT2D eigenvalue weighted by molar-refractivity contribution is 7.06. The van der Waals surface area contributed by atoms with Gasteiger partial charge in [0, 0.05) is 0 Å². The molecule has 8 bridgehead atoms. The molecule has 32 unspecified atom stereocenters. The largest absolute Gasteiger partial charge is 0.651 e. The molecule has 22 aliphatic rings. The van der Waals surface area contributed by atoms with Crippen molar-refractivity contribution in [3.63, 3.8) is 0 Å². The van der Waals surface area contributed by atoms with Gasteiger partial charge in [-0.15, -0.1) is 0 Å². The Morgan fingerprint density at radius 3 is 0.697 bits per heavy atom. The fraction of sp³-hybridized carbons (Fsp3) is 1.00. The van der Waals surface area contributed by atoms with Gasteiger partial charge in [-0.2, -0.15) is 0 Å². The SMILES string of the molecule is C[Si](C)(CCC1CCC2OC2C1)O[Si]12C[Si]3(O[SiH2]CCC4CCC5OC5C4)O[Si]4(O[Si](C)(C)CCC5CCC6CC6C5)O[Si](O[Si](C)(C)CCC5CCC6CC6C5)(O1)O[Si]1(O[Si](C)(C)CCC5CCC6CC6C5)O[Si](O[Si](C)(C)CCC5CCC6OC6C5)(O2)O[Si](O[Si](C)(C)CCC2CCC5OC5C2)(O3)O[Si](O[Si](C)(C)CCC2CCC3OC3C2)(O4)O1. The Morgan fingerprint density at radius 1 is 0.221 bits per heavy atom. The first-order chi connectivity index (χ1) is 57.8. The number of hydrogen-bond acceptors (Lipinski definition) is 24. The van der Waals surface area contributed by atoms with Crippen molar-refractivity contribution in [2.24, 2.45) is 82.9 Å². The maximum atomic E-state index is 8.91. The molecule has 24 nitrogen and oxygen atoms in total. The lowest BCUT2D eigenvalue weighted by molar-refractivity contribution is -0.102. The van der Waals surface area contributed by atoms with Gasteiger partial charge in [0.05, 0.1) is 66.7 Å². The number of hydrogen-bond donors (Lipinski definition) is 0. The molecular weight excluding hydrogens is 1820 g/mol. The Morgan fingerprint density at radius 2 is 0.443 bits per heavy atom.